The van der Waals surface area contributed by atoms with Crippen molar-refractivity contribution in [3.05, 3.63) is 56.4 Å². The lowest BCUT2D eigenvalue weighted by molar-refractivity contribution is -0.0499. The van der Waals surface area contributed by atoms with E-state index in [1.54, 1.807) is 18.2 Å². The second-order valence-corrected chi connectivity index (χ2v) is 8.12. The monoisotopic (exact) mass is 413 g/mol. The second kappa shape index (κ2) is 7.76. The average Bonchev–Trinajstić information content (AvgIpc) is 3.04. The summed E-state index contributed by atoms with van der Waals surface area (Å²) in [4.78, 5) is 21.7. The largest absolute Gasteiger partial charge is 0.434 e. The maximum Gasteiger partial charge on any atom is 0.387 e. The van der Waals surface area contributed by atoms with E-state index in [1.807, 2.05) is 6.07 Å². The van der Waals surface area contributed by atoms with Crippen LogP contribution in [0.25, 0.3) is 21.9 Å². The minimum atomic E-state index is -2.98. The summed E-state index contributed by atoms with van der Waals surface area (Å²) in [6.45, 7) is -0.796. The number of alkyl halides is 2. The first-order chi connectivity index (χ1) is 14.0. The summed E-state index contributed by atoms with van der Waals surface area (Å²) in [7, 11) is 0. The highest BCUT2D eigenvalue weighted by Crippen LogP contribution is 2.36. The Morgan fingerprint density at radius 3 is 3.00 bits per heavy atom. The quantitative estimate of drug-likeness (QED) is 0.625. The number of thiophene rings is 1. The van der Waals surface area contributed by atoms with E-state index in [4.69, 9.17) is 0 Å². The maximum atomic E-state index is 12.7. The number of aryl methyl sites for hydroxylation is 1. The van der Waals surface area contributed by atoms with Crippen LogP contribution in [0.2, 0.25) is 0 Å². The van der Waals surface area contributed by atoms with E-state index in [-0.39, 0.29) is 22.7 Å². The predicted molar refractivity (Wildman–Crippen MR) is 108 cm³/mol. The standard InChI is InChI=1S/C21H17F2N3O2S/c1-11-6-7-14-16(8-11)29-20-17(14)19(27)25-18(26-20)13(10-24)9-12-4-2-3-5-15(12)28-21(22)23/h2-5,9,11,21H,6-8H2,1H3,(H,25,26,27). The Morgan fingerprint density at radius 2 is 2.24 bits per heavy atom. The number of ether oxygens (including phenoxy) is 1. The van der Waals surface area contributed by atoms with Crippen molar-refractivity contribution in [3.63, 3.8) is 0 Å². The average molecular weight is 413 g/mol. The molecule has 5 nitrogen and oxygen atoms in total. The Kier molecular flexibility index (Phi) is 5.16. The highest BCUT2D eigenvalue weighted by atomic mass is 32.1. The minimum absolute atomic E-state index is 0.0562. The summed E-state index contributed by atoms with van der Waals surface area (Å²) >= 11 is 1.49. The number of aromatic nitrogens is 2. The van der Waals surface area contributed by atoms with Crippen LogP contribution in [0.4, 0.5) is 8.78 Å². The topological polar surface area (TPSA) is 78.8 Å². The van der Waals surface area contributed by atoms with Crippen molar-refractivity contribution in [1.82, 2.24) is 9.97 Å². The van der Waals surface area contributed by atoms with Crippen LogP contribution in [0.1, 0.15) is 35.2 Å². The Hall–Kier alpha value is -3.05. The molecule has 0 spiro atoms. The molecule has 0 saturated heterocycles. The molecule has 1 N–H and O–H groups in total. The van der Waals surface area contributed by atoms with E-state index in [0.717, 1.165) is 24.8 Å². The van der Waals surface area contributed by atoms with E-state index in [1.165, 1.54) is 28.4 Å². The number of hydrogen-bond donors (Lipinski definition) is 1. The number of benzene rings is 1. The molecule has 0 saturated carbocycles. The molecule has 1 atom stereocenters. The van der Waals surface area contributed by atoms with Crippen LogP contribution in [0.5, 0.6) is 5.75 Å². The van der Waals surface area contributed by atoms with Gasteiger partial charge in [0.15, 0.2) is 5.82 Å². The molecule has 29 heavy (non-hydrogen) atoms. The van der Waals surface area contributed by atoms with Crippen molar-refractivity contribution in [3.8, 4) is 11.8 Å². The van der Waals surface area contributed by atoms with Gasteiger partial charge in [-0.05, 0) is 42.9 Å². The molecule has 4 rings (SSSR count). The van der Waals surface area contributed by atoms with Crippen molar-refractivity contribution < 1.29 is 13.5 Å². The van der Waals surface area contributed by atoms with E-state index >= 15 is 0 Å². The van der Waals surface area contributed by atoms with Gasteiger partial charge in [0.25, 0.3) is 5.56 Å². The number of H-pyrrole nitrogens is 1. The van der Waals surface area contributed by atoms with Crippen molar-refractivity contribution >= 4 is 33.2 Å². The number of nitriles is 1. The van der Waals surface area contributed by atoms with Crippen LogP contribution < -0.4 is 10.3 Å². The highest BCUT2D eigenvalue weighted by molar-refractivity contribution is 7.18. The lowest BCUT2D eigenvalue weighted by Crippen LogP contribution is -2.14. The highest BCUT2D eigenvalue weighted by Gasteiger charge is 2.23. The molecule has 0 amide bonds. The van der Waals surface area contributed by atoms with Gasteiger partial charge in [-0.25, -0.2) is 4.98 Å². The van der Waals surface area contributed by atoms with Gasteiger partial charge in [0.1, 0.15) is 16.6 Å². The molecule has 148 valence electrons. The van der Waals surface area contributed by atoms with Gasteiger partial charge in [0.05, 0.1) is 11.0 Å². The Bertz CT molecular complexity index is 1210. The zero-order valence-corrected chi connectivity index (χ0v) is 16.4. The molecule has 2 heterocycles. The number of fused-ring (bicyclic) bond motifs is 3. The van der Waals surface area contributed by atoms with Crippen LogP contribution in [-0.2, 0) is 12.8 Å². The van der Waals surface area contributed by atoms with E-state index < -0.39 is 6.61 Å². The first kappa shape index (κ1) is 19.3. The molecule has 1 aliphatic rings. The van der Waals surface area contributed by atoms with Gasteiger partial charge >= 0.3 is 6.61 Å². The zero-order chi connectivity index (χ0) is 20.5. The molecular formula is C21H17F2N3O2S. The number of nitrogens with zero attached hydrogens (tertiary/aromatic N) is 2. The van der Waals surface area contributed by atoms with Gasteiger partial charge in [0.2, 0.25) is 0 Å². The predicted octanol–water partition coefficient (Wildman–Crippen LogP) is 4.77. The van der Waals surface area contributed by atoms with Gasteiger partial charge in [-0.15, -0.1) is 11.3 Å². The van der Waals surface area contributed by atoms with Crippen LogP contribution in [0, 0.1) is 17.2 Å². The zero-order valence-electron chi connectivity index (χ0n) is 15.5. The maximum absolute atomic E-state index is 12.7. The summed E-state index contributed by atoms with van der Waals surface area (Å²) in [5.74, 6) is 0.623. The van der Waals surface area contributed by atoms with Gasteiger partial charge in [0, 0.05) is 10.4 Å². The molecule has 1 aliphatic carbocycles. The fraction of sp³-hybridized carbons (Fsp3) is 0.286. The number of para-hydroxylation sites is 1. The third-order valence-electron chi connectivity index (χ3n) is 4.98. The summed E-state index contributed by atoms with van der Waals surface area (Å²) in [5, 5.41) is 10.2. The Morgan fingerprint density at radius 1 is 1.45 bits per heavy atom. The molecular weight excluding hydrogens is 396 g/mol. The SMILES string of the molecule is CC1CCc2c(sc3nc(C(C#N)=Cc4ccccc4OC(F)F)[nH]c(=O)c23)C1. The van der Waals surface area contributed by atoms with E-state index in [2.05, 4.69) is 21.6 Å². The first-order valence-electron chi connectivity index (χ1n) is 9.17. The summed E-state index contributed by atoms with van der Waals surface area (Å²) < 4.78 is 29.8. The number of rotatable bonds is 4. The molecule has 0 aliphatic heterocycles. The summed E-state index contributed by atoms with van der Waals surface area (Å²) in [6.07, 6.45) is 4.19. The fourth-order valence-corrected chi connectivity index (χ4v) is 4.97. The fourth-order valence-electron chi connectivity index (χ4n) is 3.59. The van der Waals surface area contributed by atoms with Crippen molar-refractivity contribution in [2.45, 2.75) is 32.8 Å². The molecule has 0 bridgehead atoms. The van der Waals surface area contributed by atoms with Gasteiger partial charge in [-0.1, -0.05) is 25.1 Å². The van der Waals surface area contributed by atoms with Crippen LogP contribution in [0.15, 0.2) is 29.1 Å². The molecule has 8 heteroatoms. The van der Waals surface area contributed by atoms with E-state index in [9.17, 15) is 18.8 Å². The Balaban J connectivity index is 1.81. The van der Waals surface area contributed by atoms with Crippen LogP contribution in [0.3, 0.4) is 0 Å². The van der Waals surface area contributed by atoms with Gasteiger partial charge in [-0.2, -0.15) is 14.0 Å². The summed E-state index contributed by atoms with van der Waals surface area (Å²) in [6, 6.07) is 8.15. The number of allylic oxidation sites excluding steroid dienone is 1. The van der Waals surface area contributed by atoms with Crippen LogP contribution in [-0.4, -0.2) is 16.6 Å². The molecule has 0 fully saturated rings. The number of hydrogen-bond acceptors (Lipinski definition) is 5. The normalized spacial score (nSPS) is 16.7. The molecule has 3 aromatic rings. The number of halogens is 2. The smallest absolute Gasteiger partial charge is 0.387 e. The number of aromatic amines is 1. The van der Waals surface area contributed by atoms with Crippen molar-refractivity contribution in [2.24, 2.45) is 5.92 Å². The van der Waals surface area contributed by atoms with Crippen molar-refractivity contribution in [2.75, 3.05) is 0 Å². The molecule has 2 aromatic heterocycles. The summed E-state index contributed by atoms with van der Waals surface area (Å²) in [5.41, 5.74) is 1.14. The molecule has 0 radical (unpaired) electrons. The second-order valence-electron chi connectivity index (χ2n) is 7.03. The third-order valence-corrected chi connectivity index (χ3v) is 6.12. The van der Waals surface area contributed by atoms with E-state index in [0.29, 0.717) is 21.7 Å². The van der Waals surface area contributed by atoms with Crippen LogP contribution >= 0.6 is 11.3 Å². The Labute approximate surface area is 169 Å². The van der Waals surface area contributed by atoms with Gasteiger partial charge < -0.3 is 9.72 Å². The first-order valence-corrected chi connectivity index (χ1v) is 9.98. The minimum Gasteiger partial charge on any atom is -0.434 e. The molecule has 1 aromatic carbocycles. The number of nitrogens with one attached hydrogen (secondary N) is 1. The lowest BCUT2D eigenvalue weighted by Gasteiger charge is -2.17. The van der Waals surface area contributed by atoms with Crippen molar-refractivity contribution in [1.29, 1.82) is 5.26 Å². The lowest BCUT2D eigenvalue weighted by atomic mass is 9.89. The van der Waals surface area contributed by atoms with Gasteiger partial charge in [-0.3, -0.25) is 4.79 Å². The third kappa shape index (κ3) is 3.78. The molecule has 1 unspecified atom stereocenters.